The summed E-state index contributed by atoms with van der Waals surface area (Å²) in [4.78, 5) is 0. The Morgan fingerprint density at radius 2 is 2.13 bits per heavy atom. The van der Waals surface area contributed by atoms with E-state index >= 15 is 0 Å². The van der Waals surface area contributed by atoms with E-state index in [1.54, 1.807) is 7.11 Å². The van der Waals surface area contributed by atoms with Crippen molar-refractivity contribution in [1.82, 2.24) is 0 Å². The van der Waals surface area contributed by atoms with Gasteiger partial charge in [-0.2, -0.15) is 0 Å². The molecule has 0 saturated heterocycles. The Morgan fingerprint density at radius 1 is 1.40 bits per heavy atom. The van der Waals surface area contributed by atoms with Crippen LogP contribution in [0.3, 0.4) is 0 Å². The number of alkyl halides is 1. The zero-order valence-corrected chi connectivity index (χ0v) is 10.1. The highest BCUT2D eigenvalue weighted by molar-refractivity contribution is 6.19. The third kappa shape index (κ3) is 3.69. The Balaban J connectivity index is 2.96. The zero-order valence-electron chi connectivity index (χ0n) is 9.29. The maximum Gasteiger partial charge on any atom is 0.0718 e. The summed E-state index contributed by atoms with van der Waals surface area (Å²) < 4.78 is 5.16. The minimum Gasteiger partial charge on any atom is -0.380 e. The highest BCUT2D eigenvalue weighted by Gasteiger charge is 1.99. The Bertz CT molecular complexity index is 325. The number of halogens is 1. The van der Waals surface area contributed by atoms with Crippen molar-refractivity contribution in [3.05, 3.63) is 41.0 Å². The standard InChI is InChI=1S/C13H17ClO/c1-3-11(9-14)8-12-6-4-5-7-13(12)10-15-2/h4-8H,3,9-10H2,1-2H3. The van der Waals surface area contributed by atoms with Crippen LogP contribution in [-0.2, 0) is 11.3 Å². The zero-order chi connectivity index (χ0) is 11.1. The van der Waals surface area contributed by atoms with Gasteiger partial charge in [-0.25, -0.2) is 0 Å². The largest absolute Gasteiger partial charge is 0.380 e. The molecule has 0 N–H and O–H groups in total. The number of allylic oxidation sites excluding steroid dienone is 1. The first-order valence-electron chi connectivity index (χ1n) is 5.14. The van der Waals surface area contributed by atoms with Crippen molar-refractivity contribution in [2.45, 2.75) is 20.0 Å². The molecule has 0 aliphatic rings. The lowest BCUT2D eigenvalue weighted by Gasteiger charge is -2.06. The van der Waals surface area contributed by atoms with Crippen molar-refractivity contribution in [3.63, 3.8) is 0 Å². The Hall–Kier alpha value is -0.790. The predicted octanol–water partition coefficient (Wildman–Crippen LogP) is 3.87. The summed E-state index contributed by atoms with van der Waals surface area (Å²) in [5, 5.41) is 0. The van der Waals surface area contributed by atoms with Crippen molar-refractivity contribution in [2.24, 2.45) is 0 Å². The molecular formula is C13H17ClO. The first kappa shape index (κ1) is 12.3. The van der Waals surface area contributed by atoms with Gasteiger partial charge >= 0.3 is 0 Å². The average Bonchev–Trinajstić information content (AvgIpc) is 2.28. The van der Waals surface area contributed by atoms with E-state index < -0.39 is 0 Å². The van der Waals surface area contributed by atoms with Crippen LogP contribution in [0.4, 0.5) is 0 Å². The normalized spacial score (nSPS) is 11.8. The van der Waals surface area contributed by atoms with E-state index in [4.69, 9.17) is 16.3 Å². The van der Waals surface area contributed by atoms with Crippen LogP contribution in [0.1, 0.15) is 24.5 Å². The van der Waals surface area contributed by atoms with E-state index in [0.29, 0.717) is 12.5 Å². The average molecular weight is 225 g/mol. The number of hydrogen-bond donors (Lipinski definition) is 0. The fraction of sp³-hybridized carbons (Fsp3) is 0.385. The molecule has 2 heteroatoms. The van der Waals surface area contributed by atoms with Gasteiger partial charge in [-0.3, -0.25) is 0 Å². The van der Waals surface area contributed by atoms with Gasteiger partial charge in [0.25, 0.3) is 0 Å². The van der Waals surface area contributed by atoms with Gasteiger partial charge < -0.3 is 4.74 Å². The van der Waals surface area contributed by atoms with Crippen molar-refractivity contribution in [3.8, 4) is 0 Å². The molecule has 0 amide bonds. The van der Waals surface area contributed by atoms with Gasteiger partial charge in [0.2, 0.25) is 0 Å². The molecule has 15 heavy (non-hydrogen) atoms. The Labute approximate surface area is 96.7 Å². The van der Waals surface area contributed by atoms with Crippen LogP contribution in [0.2, 0.25) is 0 Å². The molecule has 0 fully saturated rings. The molecule has 0 heterocycles. The molecule has 0 aliphatic heterocycles. The first-order chi connectivity index (χ1) is 7.31. The summed E-state index contributed by atoms with van der Waals surface area (Å²) in [5.41, 5.74) is 3.66. The minimum atomic E-state index is 0.595. The SMILES string of the molecule is CCC(=Cc1ccccc1COC)CCl. The quantitative estimate of drug-likeness (QED) is 0.690. The smallest absolute Gasteiger partial charge is 0.0718 e. The fourth-order valence-electron chi connectivity index (χ4n) is 1.42. The molecule has 0 saturated carbocycles. The Morgan fingerprint density at radius 3 is 2.73 bits per heavy atom. The number of hydrogen-bond acceptors (Lipinski definition) is 1. The lowest BCUT2D eigenvalue weighted by molar-refractivity contribution is 0.184. The number of ether oxygens (including phenoxy) is 1. The maximum absolute atomic E-state index is 5.85. The summed E-state index contributed by atoms with van der Waals surface area (Å²) in [6, 6.07) is 8.23. The maximum atomic E-state index is 5.85. The lowest BCUT2D eigenvalue weighted by Crippen LogP contribution is -1.92. The lowest BCUT2D eigenvalue weighted by atomic mass is 10.0. The molecule has 0 aliphatic carbocycles. The summed E-state index contributed by atoms with van der Waals surface area (Å²) in [6.07, 6.45) is 3.15. The summed E-state index contributed by atoms with van der Waals surface area (Å²) >= 11 is 5.85. The van der Waals surface area contributed by atoms with Crippen molar-refractivity contribution in [2.75, 3.05) is 13.0 Å². The van der Waals surface area contributed by atoms with E-state index in [0.717, 1.165) is 6.42 Å². The van der Waals surface area contributed by atoms with E-state index in [1.807, 2.05) is 12.1 Å². The molecule has 0 unspecified atom stereocenters. The van der Waals surface area contributed by atoms with Crippen LogP contribution in [0.15, 0.2) is 29.8 Å². The number of benzene rings is 1. The van der Waals surface area contributed by atoms with E-state index in [1.165, 1.54) is 16.7 Å². The van der Waals surface area contributed by atoms with Gasteiger partial charge in [-0.05, 0) is 17.5 Å². The third-order valence-electron chi connectivity index (χ3n) is 2.34. The topological polar surface area (TPSA) is 9.23 Å². The van der Waals surface area contributed by atoms with Crippen LogP contribution >= 0.6 is 11.6 Å². The van der Waals surface area contributed by atoms with Crippen LogP contribution in [0.5, 0.6) is 0 Å². The first-order valence-corrected chi connectivity index (χ1v) is 5.67. The van der Waals surface area contributed by atoms with Crippen LogP contribution < -0.4 is 0 Å². The Kier molecular flexibility index (Phi) is 5.44. The van der Waals surface area contributed by atoms with Gasteiger partial charge in [0.15, 0.2) is 0 Å². The van der Waals surface area contributed by atoms with Gasteiger partial charge in [0.1, 0.15) is 0 Å². The second kappa shape index (κ2) is 6.65. The van der Waals surface area contributed by atoms with E-state index in [-0.39, 0.29) is 0 Å². The molecule has 1 aromatic carbocycles. The molecule has 0 atom stereocenters. The fourth-order valence-corrected chi connectivity index (χ4v) is 1.68. The molecular weight excluding hydrogens is 208 g/mol. The number of rotatable bonds is 5. The molecule has 82 valence electrons. The van der Waals surface area contributed by atoms with Gasteiger partial charge in [0, 0.05) is 13.0 Å². The molecule has 1 nitrogen and oxygen atoms in total. The highest BCUT2D eigenvalue weighted by Crippen LogP contribution is 2.16. The predicted molar refractivity (Wildman–Crippen MR) is 66.1 cm³/mol. The van der Waals surface area contributed by atoms with E-state index in [2.05, 4.69) is 25.1 Å². The van der Waals surface area contributed by atoms with Crippen molar-refractivity contribution in [1.29, 1.82) is 0 Å². The van der Waals surface area contributed by atoms with Gasteiger partial charge in [-0.1, -0.05) is 42.8 Å². The second-order valence-corrected chi connectivity index (χ2v) is 3.69. The third-order valence-corrected chi connectivity index (χ3v) is 2.68. The molecule has 0 aromatic heterocycles. The molecule has 1 rings (SSSR count). The molecule has 1 aromatic rings. The second-order valence-electron chi connectivity index (χ2n) is 3.42. The van der Waals surface area contributed by atoms with Crippen molar-refractivity contribution < 1.29 is 4.74 Å². The summed E-state index contributed by atoms with van der Waals surface area (Å²) in [6.45, 7) is 2.76. The van der Waals surface area contributed by atoms with Crippen LogP contribution in [0, 0.1) is 0 Å². The highest BCUT2D eigenvalue weighted by atomic mass is 35.5. The monoisotopic (exact) mass is 224 g/mol. The molecule has 0 spiro atoms. The van der Waals surface area contributed by atoms with Crippen LogP contribution in [-0.4, -0.2) is 13.0 Å². The van der Waals surface area contributed by atoms with Gasteiger partial charge in [0.05, 0.1) is 6.61 Å². The van der Waals surface area contributed by atoms with E-state index in [9.17, 15) is 0 Å². The van der Waals surface area contributed by atoms with Crippen LogP contribution in [0.25, 0.3) is 6.08 Å². The number of methoxy groups -OCH3 is 1. The minimum absolute atomic E-state index is 0.595. The molecule has 0 radical (unpaired) electrons. The summed E-state index contributed by atoms with van der Waals surface area (Å²) in [7, 11) is 1.71. The van der Waals surface area contributed by atoms with Gasteiger partial charge in [-0.15, -0.1) is 11.6 Å². The molecule has 0 bridgehead atoms. The van der Waals surface area contributed by atoms with Crippen molar-refractivity contribution >= 4 is 17.7 Å². The summed E-state index contributed by atoms with van der Waals surface area (Å²) in [5.74, 6) is 0.595.